The van der Waals surface area contributed by atoms with Gasteiger partial charge in [-0.3, -0.25) is 4.90 Å². The second kappa shape index (κ2) is 11.0. The van der Waals surface area contributed by atoms with Gasteiger partial charge in [0.2, 0.25) is 0 Å². The Morgan fingerprint density at radius 2 is 1.60 bits per heavy atom. The molecule has 1 amide bonds. The first-order valence-corrected chi connectivity index (χ1v) is 12.4. The molecule has 17 heteroatoms. The van der Waals surface area contributed by atoms with Gasteiger partial charge in [-0.1, -0.05) is 18.1 Å². The molecule has 0 aliphatic carbocycles. The summed E-state index contributed by atoms with van der Waals surface area (Å²) in [5.41, 5.74) is -5.04. The first-order valence-electron chi connectivity index (χ1n) is 12.4. The number of aryl methyl sites for hydroxylation is 2. The third-order valence-electron chi connectivity index (χ3n) is 6.81. The maximum atomic E-state index is 13.9. The highest BCUT2D eigenvalue weighted by molar-refractivity contribution is 5.88. The third kappa shape index (κ3) is 6.38. The van der Waals surface area contributed by atoms with E-state index >= 15 is 0 Å². The quantitative estimate of drug-likeness (QED) is 0.318. The number of nitrogens with zero attached hydrogens (tertiary/aromatic N) is 6. The van der Waals surface area contributed by atoms with Crippen molar-refractivity contribution in [2.45, 2.75) is 57.3 Å². The lowest BCUT2D eigenvalue weighted by Crippen LogP contribution is -2.32. The monoisotopic (exact) mass is 610 g/mol. The van der Waals surface area contributed by atoms with E-state index in [0.29, 0.717) is 18.2 Å². The second-order valence-corrected chi connectivity index (χ2v) is 9.63. The summed E-state index contributed by atoms with van der Waals surface area (Å²) in [5, 5.41) is 21.4. The predicted octanol–water partition coefficient (Wildman–Crippen LogP) is 6.86. The van der Waals surface area contributed by atoms with Gasteiger partial charge in [-0.05, 0) is 65.4 Å². The van der Waals surface area contributed by atoms with Gasteiger partial charge in [0.25, 0.3) is 5.95 Å². The van der Waals surface area contributed by atoms with E-state index in [1.54, 1.807) is 0 Å². The average Bonchev–Trinajstić information content (AvgIpc) is 3.21. The van der Waals surface area contributed by atoms with Crippen LogP contribution in [0.4, 0.5) is 55.9 Å². The third-order valence-corrected chi connectivity index (χ3v) is 6.81. The van der Waals surface area contributed by atoms with E-state index in [1.807, 2.05) is 0 Å². The van der Waals surface area contributed by atoms with E-state index in [2.05, 4.69) is 15.4 Å². The zero-order chi connectivity index (χ0) is 31.2. The summed E-state index contributed by atoms with van der Waals surface area (Å²) in [4.78, 5) is 15.0. The Labute approximate surface area is 232 Å². The Morgan fingerprint density at radius 3 is 2.07 bits per heavy atom. The molecule has 1 aromatic heterocycles. The molecule has 0 fully saturated rings. The number of benzene rings is 2. The molecule has 42 heavy (non-hydrogen) atoms. The Bertz CT molecular complexity index is 1430. The molecular formula is C25H23F9N6O2. The first kappa shape index (κ1) is 30.9. The lowest BCUT2D eigenvalue weighted by Gasteiger charge is -2.33. The van der Waals surface area contributed by atoms with Gasteiger partial charge in [-0.2, -0.15) is 44.3 Å². The van der Waals surface area contributed by atoms with Crippen molar-refractivity contribution in [1.29, 1.82) is 0 Å². The first-order chi connectivity index (χ1) is 19.4. The highest BCUT2D eigenvalue weighted by Gasteiger charge is 2.40. The topological polar surface area (TPSA) is 87.4 Å². The molecule has 8 nitrogen and oxygen atoms in total. The van der Waals surface area contributed by atoms with E-state index in [1.165, 1.54) is 24.9 Å². The van der Waals surface area contributed by atoms with Crippen LogP contribution in [0.2, 0.25) is 0 Å². The summed E-state index contributed by atoms with van der Waals surface area (Å²) in [5.74, 6) is -0.235. The number of tetrazole rings is 1. The van der Waals surface area contributed by atoms with E-state index < -0.39 is 59.5 Å². The molecule has 4 rings (SSSR count). The minimum atomic E-state index is -5.12. The van der Waals surface area contributed by atoms with Gasteiger partial charge in [-0.25, -0.2) is 4.79 Å². The fraction of sp³-hybridized carbons (Fsp3) is 0.440. The smallest absolute Gasteiger partial charge is 0.416 e. The Morgan fingerprint density at radius 1 is 0.976 bits per heavy atom. The zero-order valence-corrected chi connectivity index (χ0v) is 21.9. The number of carbonyl (C=O) groups is 1. The van der Waals surface area contributed by atoms with Gasteiger partial charge in [0.1, 0.15) is 0 Å². The molecule has 0 bridgehead atoms. The van der Waals surface area contributed by atoms with E-state index in [0.717, 1.165) is 9.70 Å². The number of halogens is 9. The van der Waals surface area contributed by atoms with Gasteiger partial charge < -0.3 is 10.0 Å². The number of amides is 1. The predicted molar refractivity (Wildman–Crippen MR) is 130 cm³/mol. The highest BCUT2D eigenvalue weighted by atomic mass is 19.4. The summed E-state index contributed by atoms with van der Waals surface area (Å²) >= 11 is 0. The molecule has 0 saturated carbocycles. The molecule has 1 atom stereocenters. The molecule has 0 saturated heterocycles. The molecule has 0 unspecified atom stereocenters. The fourth-order valence-electron chi connectivity index (χ4n) is 4.97. The summed E-state index contributed by atoms with van der Waals surface area (Å²) in [7, 11) is 1.36. The molecule has 3 aromatic rings. The van der Waals surface area contributed by atoms with Gasteiger partial charge in [0.05, 0.1) is 35.5 Å². The normalized spacial score (nSPS) is 16.3. The molecule has 1 N–H and O–H groups in total. The summed E-state index contributed by atoms with van der Waals surface area (Å²) < 4.78 is 123. The van der Waals surface area contributed by atoms with Crippen molar-refractivity contribution in [2.75, 3.05) is 16.3 Å². The standard InChI is InChI=1S/C25H23F9N6O2/c1-3-14-9-17-19(5-4-6-39(22(41)42)20(17)11-18(14)25(32,33)34)40(21-35-37-38(2)36-21)12-13-7-15(23(26,27)28)10-16(8-13)24(29,30)31/h7-11,19H,3-6,12H2,1-2H3,(H,41,42)/t19-/m0/s1. The van der Waals surface area contributed by atoms with Crippen molar-refractivity contribution in [2.24, 2.45) is 7.05 Å². The Kier molecular flexibility index (Phi) is 8.08. The molecule has 0 spiro atoms. The van der Waals surface area contributed by atoms with E-state index in [4.69, 9.17) is 0 Å². The van der Waals surface area contributed by atoms with Crippen molar-refractivity contribution in [1.82, 2.24) is 20.2 Å². The Hall–Kier alpha value is -4.05. The van der Waals surface area contributed by atoms with Crippen LogP contribution in [0.1, 0.15) is 59.2 Å². The van der Waals surface area contributed by atoms with Crippen molar-refractivity contribution >= 4 is 17.7 Å². The van der Waals surface area contributed by atoms with Gasteiger partial charge in [0, 0.05) is 13.1 Å². The van der Waals surface area contributed by atoms with Crippen molar-refractivity contribution < 1.29 is 49.4 Å². The second-order valence-electron chi connectivity index (χ2n) is 9.63. The number of aromatic nitrogens is 4. The molecule has 2 aromatic carbocycles. The minimum Gasteiger partial charge on any atom is -0.465 e. The molecule has 2 heterocycles. The van der Waals surface area contributed by atoms with Crippen LogP contribution in [0.5, 0.6) is 0 Å². The maximum Gasteiger partial charge on any atom is 0.416 e. The highest BCUT2D eigenvalue weighted by Crippen LogP contribution is 2.44. The lowest BCUT2D eigenvalue weighted by molar-refractivity contribution is -0.143. The maximum absolute atomic E-state index is 13.9. The average molecular weight is 610 g/mol. The van der Waals surface area contributed by atoms with E-state index in [9.17, 15) is 49.4 Å². The minimum absolute atomic E-state index is 0.0215. The van der Waals surface area contributed by atoms with Crippen LogP contribution in [0, 0.1) is 0 Å². The number of anilines is 2. The molecule has 1 aliphatic heterocycles. The number of fused-ring (bicyclic) bond motifs is 1. The molecule has 228 valence electrons. The summed E-state index contributed by atoms with van der Waals surface area (Å²) in [6, 6.07) is 1.86. The van der Waals surface area contributed by atoms with Crippen molar-refractivity contribution in [3.05, 3.63) is 63.7 Å². The number of rotatable bonds is 5. The van der Waals surface area contributed by atoms with Crippen LogP contribution >= 0.6 is 0 Å². The van der Waals surface area contributed by atoms with Gasteiger partial charge in [0.15, 0.2) is 0 Å². The fourth-order valence-corrected chi connectivity index (χ4v) is 4.97. The lowest BCUT2D eigenvalue weighted by atomic mass is 9.93. The van der Waals surface area contributed by atoms with E-state index in [-0.39, 0.29) is 54.6 Å². The van der Waals surface area contributed by atoms with Crippen LogP contribution in [0.3, 0.4) is 0 Å². The largest absolute Gasteiger partial charge is 0.465 e. The summed E-state index contributed by atoms with van der Waals surface area (Å²) in [6.45, 7) is 0.602. The van der Waals surface area contributed by atoms with Crippen molar-refractivity contribution in [3.63, 3.8) is 0 Å². The van der Waals surface area contributed by atoms with Crippen molar-refractivity contribution in [3.8, 4) is 0 Å². The number of hydrogen-bond acceptors (Lipinski definition) is 5. The van der Waals surface area contributed by atoms with Crippen LogP contribution < -0.4 is 9.80 Å². The zero-order valence-electron chi connectivity index (χ0n) is 21.9. The van der Waals surface area contributed by atoms with Crippen LogP contribution in [-0.4, -0.2) is 38.0 Å². The van der Waals surface area contributed by atoms with Crippen LogP contribution in [0.15, 0.2) is 30.3 Å². The molecular weight excluding hydrogens is 587 g/mol. The Balaban J connectivity index is 1.94. The molecule has 0 radical (unpaired) electrons. The number of hydrogen-bond donors (Lipinski definition) is 1. The van der Waals surface area contributed by atoms with Crippen LogP contribution in [0.25, 0.3) is 0 Å². The number of carboxylic acid groups (broad SMARTS) is 1. The van der Waals surface area contributed by atoms with Gasteiger partial charge >= 0.3 is 24.6 Å². The molecule has 1 aliphatic rings. The number of alkyl halides is 9. The SMILES string of the molecule is CCc1cc2c(cc1C(F)(F)F)N(C(=O)O)CCC[C@@H]2N(Cc1cc(C(F)(F)F)cc(C(F)(F)F)c1)c1nnn(C)n1. The van der Waals surface area contributed by atoms with Gasteiger partial charge in [-0.15, -0.1) is 5.10 Å². The summed E-state index contributed by atoms with van der Waals surface area (Å²) in [6.07, 6.45) is -16.6. The van der Waals surface area contributed by atoms with Crippen LogP contribution in [-0.2, 0) is 38.5 Å².